The maximum absolute atomic E-state index is 12.5. The van der Waals surface area contributed by atoms with Gasteiger partial charge < -0.3 is 14.2 Å². The van der Waals surface area contributed by atoms with Crippen LogP contribution in [0.1, 0.15) is 29.2 Å². The van der Waals surface area contributed by atoms with E-state index in [1.807, 2.05) is 74.5 Å². The van der Waals surface area contributed by atoms with E-state index in [-0.39, 0.29) is 5.70 Å². The lowest BCUT2D eigenvalue weighted by molar-refractivity contribution is -0.129. The number of halogens is 2. The van der Waals surface area contributed by atoms with Crippen molar-refractivity contribution in [3.05, 3.63) is 95.8 Å². The van der Waals surface area contributed by atoms with Crippen LogP contribution in [0, 0.1) is 14.1 Å². The van der Waals surface area contributed by atoms with E-state index < -0.39 is 5.97 Å². The summed E-state index contributed by atoms with van der Waals surface area (Å²) in [6, 6.07) is 19.6. The fraction of sp³-hybridized carbons (Fsp3) is 0.154. The van der Waals surface area contributed by atoms with E-state index in [9.17, 15) is 4.79 Å². The summed E-state index contributed by atoms with van der Waals surface area (Å²) in [5.74, 6) is 1.14. The first kappa shape index (κ1) is 23.7. The first-order valence-corrected chi connectivity index (χ1v) is 12.5. The molecule has 0 fully saturated rings. The first-order valence-electron chi connectivity index (χ1n) is 10.4. The van der Waals surface area contributed by atoms with Gasteiger partial charge in [-0.1, -0.05) is 30.3 Å². The molecule has 0 aromatic heterocycles. The molecule has 0 unspecified atom stereocenters. The van der Waals surface area contributed by atoms with Gasteiger partial charge in [-0.2, -0.15) is 0 Å². The Morgan fingerprint density at radius 3 is 2.52 bits per heavy atom. The molecular weight excluding hydrogens is 644 g/mol. The molecule has 0 radical (unpaired) electrons. The van der Waals surface area contributed by atoms with Gasteiger partial charge in [0.15, 0.2) is 17.2 Å². The van der Waals surface area contributed by atoms with Gasteiger partial charge in [-0.15, -0.1) is 0 Å². The molecule has 1 aliphatic rings. The molecule has 5 nitrogen and oxygen atoms in total. The highest BCUT2D eigenvalue weighted by Crippen LogP contribution is 2.36. The van der Waals surface area contributed by atoms with E-state index in [1.54, 1.807) is 6.08 Å². The zero-order valence-electron chi connectivity index (χ0n) is 18.1. The largest absolute Gasteiger partial charge is 0.490 e. The smallest absolute Gasteiger partial charge is 0.363 e. The standard InChI is InChI=1S/C26H21I2NO4/c1-3-31-23-14-18(12-21(28)24(23)32-15-17-7-5-4-6-8-17)13-22-26(30)33-25(29-22)19-9-10-20(27)16(2)11-19/h4-14H,3,15H2,1-2H3/b22-13-. The highest BCUT2D eigenvalue weighted by atomic mass is 127. The second kappa shape index (κ2) is 10.7. The van der Waals surface area contributed by atoms with Gasteiger partial charge >= 0.3 is 5.97 Å². The number of benzene rings is 3. The van der Waals surface area contributed by atoms with Gasteiger partial charge in [0.05, 0.1) is 10.2 Å². The second-order valence-corrected chi connectivity index (χ2v) is 9.66. The van der Waals surface area contributed by atoms with Crippen LogP contribution in [0.2, 0.25) is 0 Å². The van der Waals surface area contributed by atoms with E-state index in [0.717, 1.165) is 29.4 Å². The maximum atomic E-state index is 12.5. The highest BCUT2D eigenvalue weighted by Gasteiger charge is 2.25. The topological polar surface area (TPSA) is 57.1 Å². The van der Waals surface area contributed by atoms with E-state index in [2.05, 4.69) is 50.2 Å². The van der Waals surface area contributed by atoms with Crippen molar-refractivity contribution in [2.24, 2.45) is 4.99 Å². The predicted octanol–water partition coefficient (Wildman–Crippen LogP) is 6.53. The van der Waals surface area contributed by atoms with Crippen molar-refractivity contribution >= 4 is 63.1 Å². The van der Waals surface area contributed by atoms with Crippen LogP contribution in [0.5, 0.6) is 11.5 Å². The normalized spacial score (nSPS) is 14.2. The molecule has 0 saturated heterocycles. The fourth-order valence-electron chi connectivity index (χ4n) is 3.27. The molecule has 3 aromatic carbocycles. The molecule has 1 aliphatic heterocycles. The number of carbonyl (C=O) groups is 1. The van der Waals surface area contributed by atoms with Crippen LogP contribution in [-0.4, -0.2) is 18.5 Å². The first-order chi connectivity index (χ1) is 15.9. The predicted molar refractivity (Wildman–Crippen MR) is 146 cm³/mol. The molecule has 0 spiro atoms. The third-order valence-corrected chi connectivity index (χ3v) is 6.90. The number of nitrogens with zero attached hydrogens (tertiary/aromatic N) is 1. The number of rotatable bonds is 7. The number of hydrogen-bond acceptors (Lipinski definition) is 5. The van der Waals surface area contributed by atoms with E-state index in [4.69, 9.17) is 14.2 Å². The van der Waals surface area contributed by atoms with Gasteiger partial charge in [0.2, 0.25) is 5.90 Å². The molecule has 33 heavy (non-hydrogen) atoms. The molecule has 168 valence electrons. The van der Waals surface area contributed by atoms with Crippen LogP contribution >= 0.6 is 45.2 Å². The lowest BCUT2D eigenvalue weighted by atomic mass is 10.1. The van der Waals surface area contributed by atoms with Crippen molar-refractivity contribution in [1.82, 2.24) is 0 Å². The fourth-order valence-corrected chi connectivity index (χ4v) is 4.39. The van der Waals surface area contributed by atoms with Crippen molar-refractivity contribution in [1.29, 1.82) is 0 Å². The molecule has 7 heteroatoms. The molecule has 0 bridgehead atoms. The van der Waals surface area contributed by atoms with Gasteiger partial charge in [-0.3, -0.25) is 0 Å². The number of hydrogen-bond donors (Lipinski definition) is 0. The average Bonchev–Trinajstić information content (AvgIpc) is 3.16. The van der Waals surface area contributed by atoms with Crippen LogP contribution in [0.3, 0.4) is 0 Å². The Labute approximate surface area is 220 Å². The van der Waals surface area contributed by atoms with Crippen LogP contribution in [0.25, 0.3) is 6.08 Å². The van der Waals surface area contributed by atoms with Crippen LogP contribution in [0.15, 0.2) is 71.4 Å². The zero-order valence-corrected chi connectivity index (χ0v) is 22.4. The van der Waals surface area contributed by atoms with E-state index >= 15 is 0 Å². The number of aryl methyl sites for hydroxylation is 1. The highest BCUT2D eigenvalue weighted by molar-refractivity contribution is 14.1. The molecule has 0 amide bonds. The van der Waals surface area contributed by atoms with E-state index in [0.29, 0.717) is 30.6 Å². The molecule has 3 aromatic rings. The minimum atomic E-state index is -0.474. The molecule has 1 heterocycles. The Bertz CT molecular complexity index is 1250. The van der Waals surface area contributed by atoms with E-state index in [1.165, 1.54) is 0 Å². The summed E-state index contributed by atoms with van der Waals surface area (Å²) in [5, 5.41) is 0. The summed E-state index contributed by atoms with van der Waals surface area (Å²) in [5.41, 5.74) is 3.98. The summed E-state index contributed by atoms with van der Waals surface area (Å²) in [4.78, 5) is 16.9. The van der Waals surface area contributed by atoms with Crippen molar-refractivity contribution in [2.75, 3.05) is 6.61 Å². The molecule has 0 N–H and O–H groups in total. The van der Waals surface area contributed by atoms with Gasteiger partial charge in [0.1, 0.15) is 6.61 Å². The second-order valence-electron chi connectivity index (χ2n) is 7.34. The molecule has 0 atom stereocenters. The summed E-state index contributed by atoms with van der Waals surface area (Å²) in [6.45, 7) is 4.87. The Morgan fingerprint density at radius 1 is 1.00 bits per heavy atom. The van der Waals surface area contributed by atoms with Crippen molar-refractivity contribution < 1.29 is 19.0 Å². The SMILES string of the molecule is CCOc1cc(/C=C2\N=C(c3ccc(I)c(C)c3)OC2=O)cc(I)c1OCc1ccccc1. The third-order valence-electron chi connectivity index (χ3n) is 4.89. The molecule has 4 rings (SSSR count). The van der Waals surface area contributed by atoms with Crippen molar-refractivity contribution in [3.8, 4) is 11.5 Å². The number of carbonyl (C=O) groups excluding carboxylic acids is 1. The Hall–Kier alpha value is -2.40. The van der Waals surface area contributed by atoms with Gasteiger partial charge in [-0.05, 0) is 112 Å². The Balaban J connectivity index is 1.62. The summed E-state index contributed by atoms with van der Waals surface area (Å²) in [6.07, 6.45) is 1.71. The number of ether oxygens (including phenoxy) is 3. The lowest BCUT2D eigenvalue weighted by Gasteiger charge is -2.15. The third kappa shape index (κ3) is 5.75. The number of esters is 1. The lowest BCUT2D eigenvalue weighted by Crippen LogP contribution is -2.06. The number of aliphatic imine (C=N–C) groups is 1. The van der Waals surface area contributed by atoms with Crippen LogP contribution in [-0.2, 0) is 16.1 Å². The summed E-state index contributed by atoms with van der Waals surface area (Å²) in [7, 11) is 0. The molecule has 0 saturated carbocycles. The van der Waals surface area contributed by atoms with Gasteiger partial charge in [-0.25, -0.2) is 9.79 Å². The van der Waals surface area contributed by atoms with Crippen LogP contribution < -0.4 is 9.47 Å². The number of cyclic esters (lactones) is 1. The van der Waals surface area contributed by atoms with Crippen molar-refractivity contribution in [2.45, 2.75) is 20.5 Å². The monoisotopic (exact) mass is 665 g/mol. The average molecular weight is 665 g/mol. The maximum Gasteiger partial charge on any atom is 0.363 e. The summed E-state index contributed by atoms with van der Waals surface area (Å²) >= 11 is 4.49. The molecular formula is C26H21I2NO4. The quantitative estimate of drug-likeness (QED) is 0.164. The zero-order chi connectivity index (χ0) is 23.4. The Kier molecular flexibility index (Phi) is 7.69. The summed E-state index contributed by atoms with van der Waals surface area (Å²) < 4.78 is 19.4. The van der Waals surface area contributed by atoms with Gasteiger partial charge in [0, 0.05) is 9.13 Å². The van der Waals surface area contributed by atoms with Gasteiger partial charge in [0.25, 0.3) is 0 Å². The minimum absolute atomic E-state index is 0.248. The van der Waals surface area contributed by atoms with Crippen molar-refractivity contribution in [3.63, 3.8) is 0 Å². The molecule has 0 aliphatic carbocycles. The minimum Gasteiger partial charge on any atom is -0.490 e. The Morgan fingerprint density at radius 2 is 1.79 bits per heavy atom. The van der Waals surface area contributed by atoms with Crippen LogP contribution in [0.4, 0.5) is 0 Å².